The number of halogens is 1. The van der Waals surface area contributed by atoms with Crippen LogP contribution in [0.3, 0.4) is 0 Å². The highest BCUT2D eigenvalue weighted by Gasteiger charge is 2.17. The number of nitrogens with one attached hydrogen (secondary N) is 1. The Hall–Kier alpha value is -1.03. The van der Waals surface area contributed by atoms with Crippen LogP contribution < -0.4 is 10.1 Å². The average molecular weight is 228 g/mol. The van der Waals surface area contributed by atoms with E-state index in [0.29, 0.717) is 11.3 Å². The number of ether oxygens (including phenoxy) is 1. The molecule has 0 aromatic heterocycles. The van der Waals surface area contributed by atoms with E-state index in [9.17, 15) is 4.79 Å². The predicted molar refractivity (Wildman–Crippen MR) is 47.1 cm³/mol. The summed E-state index contributed by atoms with van der Waals surface area (Å²) in [6.07, 6.45) is 0. The molecule has 12 heavy (non-hydrogen) atoms. The van der Waals surface area contributed by atoms with Crippen LogP contribution in [-0.4, -0.2) is 12.6 Å². The van der Waals surface area contributed by atoms with E-state index in [2.05, 4.69) is 21.2 Å². The minimum atomic E-state index is -0.0856. The molecular weight excluding hydrogens is 222 g/mol. The fraction of sp³-hybridized carbons (Fsp3) is 0.125. The molecule has 1 aliphatic heterocycles. The van der Waals surface area contributed by atoms with Crippen molar-refractivity contribution in [3.8, 4) is 5.75 Å². The third-order valence-electron chi connectivity index (χ3n) is 1.65. The van der Waals surface area contributed by atoms with Crippen LogP contribution in [0, 0.1) is 0 Å². The van der Waals surface area contributed by atoms with Gasteiger partial charge in [0.1, 0.15) is 5.75 Å². The fourth-order valence-electron chi connectivity index (χ4n) is 1.08. The van der Waals surface area contributed by atoms with Gasteiger partial charge in [-0.3, -0.25) is 4.79 Å². The van der Waals surface area contributed by atoms with Crippen LogP contribution >= 0.6 is 15.9 Å². The summed E-state index contributed by atoms with van der Waals surface area (Å²) in [4.78, 5) is 11.2. The molecule has 0 radical (unpaired) electrons. The highest BCUT2D eigenvalue weighted by molar-refractivity contribution is 9.10. The zero-order valence-electron chi connectivity index (χ0n) is 6.13. The Balaban J connectivity index is 2.54. The van der Waals surface area contributed by atoms with Crippen molar-refractivity contribution in [2.24, 2.45) is 0 Å². The van der Waals surface area contributed by atoms with Crippen LogP contribution in [0.4, 0.5) is 0 Å². The SMILES string of the molecule is O=C1NCOc2ccc(Br)cc21. The third kappa shape index (κ3) is 1.18. The third-order valence-corrected chi connectivity index (χ3v) is 2.14. The van der Waals surface area contributed by atoms with E-state index in [0.717, 1.165) is 4.47 Å². The van der Waals surface area contributed by atoms with Crippen molar-refractivity contribution in [1.82, 2.24) is 5.32 Å². The molecule has 1 aromatic rings. The standard InChI is InChI=1S/C8H6BrNO2/c9-5-1-2-7-6(3-5)8(11)10-4-12-7/h1-3H,4H2,(H,10,11). The molecule has 1 aromatic carbocycles. The summed E-state index contributed by atoms with van der Waals surface area (Å²) in [6.45, 7) is 0.257. The molecule has 0 fully saturated rings. The average Bonchev–Trinajstić information content (AvgIpc) is 2.07. The predicted octanol–water partition coefficient (Wildman–Crippen LogP) is 1.53. The number of fused-ring (bicyclic) bond motifs is 1. The Bertz CT molecular complexity index is 338. The highest BCUT2D eigenvalue weighted by atomic mass is 79.9. The molecule has 0 atom stereocenters. The summed E-state index contributed by atoms with van der Waals surface area (Å²) >= 11 is 3.28. The molecule has 1 aliphatic rings. The topological polar surface area (TPSA) is 38.3 Å². The van der Waals surface area contributed by atoms with Crippen LogP contribution in [-0.2, 0) is 0 Å². The Labute approximate surface area is 77.8 Å². The van der Waals surface area contributed by atoms with Gasteiger partial charge in [-0.25, -0.2) is 0 Å². The van der Waals surface area contributed by atoms with Crippen LogP contribution in [0.5, 0.6) is 5.75 Å². The van der Waals surface area contributed by atoms with Gasteiger partial charge >= 0.3 is 0 Å². The second kappa shape index (κ2) is 2.79. The van der Waals surface area contributed by atoms with Gasteiger partial charge in [0.15, 0.2) is 6.73 Å². The Kier molecular flexibility index (Phi) is 1.77. The summed E-state index contributed by atoms with van der Waals surface area (Å²) in [6, 6.07) is 5.36. The number of hydrogen-bond acceptors (Lipinski definition) is 2. The van der Waals surface area contributed by atoms with Crippen LogP contribution in [0.25, 0.3) is 0 Å². The molecule has 4 heteroatoms. The summed E-state index contributed by atoms with van der Waals surface area (Å²) in [5.41, 5.74) is 0.579. The van der Waals surface area contributed by atoms with Crippen molar-refractivity contribution >= 4 is 21.8 Å². The second-order valence-corrected chi connectivity index (χ2v) is 3.35. The van der Waals surface area contributed by atoms with E-state index >= 15 is 0 Å². The van der Waals surface area contributed by atoms with Crippen molar-refractivity contribution in [1.29, 1.82) is 0 Å². The minimum absolute atomic E-state index is 0.0856. The number of amides is 1. The number of carbonyl (C=O) groups excluding carboxylic acids is 1. The van der Waals surface area contributed by atoms with E-state index in [1.165, 1.54) is 0 Å². The van der Waals surface area contributed by atoms with Gasteiger partial charge in [-0.1, -0.05) is 15.9 Å². The van der Waals surface area contributed by atoms with Crippen molar-refractivity contribution in [2.45, 2.75) is 0 Å². The molecule has 62 valence electrons. The van der Waals surface area contributed by atoms with E-state index in [4.69, 9.17) is 4.74 Å². The van der Waals surface area contributed by atoms with Gasteiger partial charge < -0.3 is 10.1 Å². The molecule has 0 saturated heterocycles. The molecule has 0 bridgehead atoms. The first kappa shape index (κ1) is 7.61. The summed E-state index contributed by atoms with van der Waals surface area (Å²) < 4.78 is 6.07. The molecule has 3 nitrogen and oxygen atoms in total. The lowest BCUT2D eigenvalue weighted by Gasteiger charge is -2.17. The maximum atomic E-state index is 11.2. The van der Waals surface area contributed by atoms with Crippen molar-refractivity contribution in [3.63, 3.8) is 0 Å². The van der Waals surface area contributed by atoms with E-state index in [-0.39, 0.29) is 12.6 Å². The van der Waals surface area contributed by atoms with E-state index in [1.807, 2.05) is 6.07 Å². The molecular formula is C8H6BrNO2. The Morgan fingerprint density at radius 2 is 2.33 bits per heavy atom. The second-order valence-electron chi connectivity index (χ2n) is 2.44. The Morgan fingerprint density at radius 1 is 1.50 bits per heavy atom. The van der Waals surface area contributed by atoms with Gasteiger partial charge in [0.05, 0.1) is 5.56 Å². The molecule has 1 heterocycles. The largest absolute Gasteiger partial charge is 0.472 e. The smallest absolute Gasteiger partial charge is 0.257 e. The molecule has 1 amide bonds. The van der Waals surface area contributed by atoms with E-state index in [1.54, 1.807) is 12.1 Å². The normalized spacial score (nSPS) is 14.6. The molecule has 0 aliphatic carbocycles. The molecule has 1 N–H and O–H groups in total. The number of hydrogen-bond donors (Lipinski definition) is 1. The lowest BCUT2D eigenvalue weighted by atomic mass is 10.2. The lowest BCUT2D eigenvalue weighted by Crippen LogP contribution is -2.32. The Morgan fingerprint density at radius 3 is 3.17 bits per heavy atom. The minimum Gasteiger partial charge on any atom is -0.472 e. The zero-order chi connectivity index (χ0) is 8.55. The first-order valence-electron chi connectivity index (χ1n) is 3.48. The van der Waals surface area contributed by atoms with Gasteiger partial charge in [-0.05, 0) is 18.2 Å². The molecule has 0 unspecified atom stereocenters. The van der Waals surface area contributed by atoms with Crippen LogP contribution in [0.2, 0.25) is 0 Å². The first-order valence-corrected chi connectivity index (χ1v) is 4.27. The molecule has 0 saturated carbocycles. The van der Waals surface area contributed by atoms with Crippen molar-refractivity contribution in [3.05, 3.63) is 28.2 Å². The first-order chi connectivity index (χ1) is 5.77. The fourth-order valence-corrected chi connectivity index (χ4v) is 1.44. The number of carbonyl (C=O) groups is 1. The number of benzene rings is 1. The zero-order valence-corrected chi connectivity index (χ0v) is 7.72. The van der Waals surface area contributed by atoms with Crippen molar-refractivity contribution < 1.29 is 9.53 Å². The van der Waals surface area contributed by atoms with Gasteiger partial charge in [-0.2, -0.15) is 0 Å². The maximum Gasteiger partial charge on any atom is 0.257 e. The summed E-state index contributed by atoms with van der Waals surface area (Å²) in [7, 11) is 0. The highest BCUT2D eigenvalue weighted by Crippen LogP contribution is 2.24. The van der Waals surface area contributed by atoms with Gasteiger partial charge in [-0.15, -0.1) is 0 Å². The maximum absolute atomic E-state index is 11.2. The summed E-state index contributed by atoms with van der Waals surface area (Å²) in [5.74, 6) is 0.555. The summed E-state index contributed by atoms with van der Waals surface area (Å²) in [5, 5.41) is 2.58. The monoisotopic (exact) mass is 227 g/mol. The van der Waals surface area contributed by atoms with E-state index < -0.39 is 0 Å². The molecule has 0 spiro atoms. The van der Waals surface area contributed by atoms with Gasteiger partial charge in [0.25, 0.3) is 5.91 Å². The quantitative estimate of drug-likeness (QED) is 0.731. The molecule has 2 rings (SSSR count). The number of rotatable bonds is 0. The lowest BCUT2D eigenvalue weighted by molar-refractivity contribution is 0.0883. The van der Waals surface area contributed by atoms with Crippen molar-refractivity contribution in [2.75, 3.05) is 6.73 Å². The van der Waals surface area contributed by atoms with Crippen LogP contribution in [0.1, 0.15) is 10.4 Å². The van der Waals surface area contributed by atoms with Gasteiger partial charge in [0.2, 0.25) is 0 Å². The van der Waals surface area contributed by atoms with Gasteiger partial charge in [0, 0.05) is 4.47 Å². The van der Waals surface area contributed by atoms with Crippen LogP contribution in [0.15, 0.2) is 22.7 Å².